The minimum Gasteiger partial charge on any atom is -0.299 e. The first-order valence-electron chi connectivity index (χ1n) is 10.1. The van der Waals surface area contributed by atoms with Crippen LogP contribution in [0.25, 0.3) is 0 Å². The molecule has 1 aliphatic heterocycles. The van der Waals surface area contributed by atoms with Crippen molar-refractivity contribution in [2.45, 2.75) is 18.9 Å². The molecule has 0 aromatic heterocycles. The summed E-state index contributed by atoms with van der Waals surface area (Å²) < 4.78 is 26.7. The predicted octanol–water partition coefficient (Wildman–Crippen LogP) is 6.49. The van der Waals surface area contributed by atoms with Crippen LogP contribution in [0.5, 0.6) is 0 Å². The van der Waals surface area contributed by atoms with Crippen molar-refractivity contribution in [1.29, 1.82) is 0 Å². The molecule has 1 heterocycles. The van der Waals surface area contributed by atoms with Gasteiger partial charge in [0, 0.05) is 42.0 Å². The lowest BCUT2D eigenvalue weighted by Crippen LogP contribution is -2.49. The second kappa shape index (κ2) is 9.47. The lowest BCUT2D eigenvalue weighted by Gasteiger charge is -2.44. The van der Waals surface area contributed by atoms with Crippen LogP contribution in [0.3, 0.4) is 0 Å². The number of halogens is 4. The molecular weight excluding hydrogens is 439 g/mol. The quantitative estimate of drug-likeness (QED) is 0.402. The molecule has 6 heteroatoms. The van der Waals surface area contributed by atoms with Crippen molar-refractivity contribution in [3.05, 3.63) is 105 Å². The van der Waals surface area contributed by atoms with E-state index in [4.69, 9.17) is 23.2 Å². The third-order valence-corrected chi connectivity index (χ3v) is 6.07. The van der Waals surface area contributed by atoms with Crippen LogP contribution in [-0.2, 0) is 11.2 Å². The Labute approximate surface area is 190 Å². The van der Waals surface area contributed by atoms with Crippen molar-refractivity contribution >= 4 is 29.0 Å². The Morgan fingerprint density at radius 2 is 1.35 bits per heavy atom. The van der Waals surface area contributed by atoms with Gasteiger partial charge in [-0.2, -0.15) is 0 Å². The van der Waals surface area contributed by atoms with E-state index in [0.29, 0.717) is 22.0 Å². The zero-order chi connectivity index (χ0) is 22.0. The van der Waals surface area contributed by atoms with E-state index < -0.39 is 11.6 Å². The van der Waals surface area contributed by atoms with Crippen LogP contribution in [0, 0.1) is 17.6 Å². The largest absolute Gasteiger partial charge is 0.299 e. The molecule has 0 spiro atoms. The highest BCUT2D eigenvalue weighted by atomic mass is 35.5. The Bertz CT molecular complexity index is 998. The van der Waals surface area contributed by atoms with Gasteiger partial charge in [-0.3, -0.25) is 9.69 Å². The van der Waals surface area contributed by atoms with E-state index >= 15 is 0 Å². The molecule has 1 saturated heterocycles. The Balaban J connectivity index is 1.42. The highest BCUT2D eigenvalue weighted by molar-refractivity contribution is 6.30. The van der Waals surface area contributed by atoms with Crippen molar-refractivity contribution in [2.75, 3.05) is 13.1 Å². The number of ketones is 1. The standard InChI is InChI=1S/C25H21Cl2F2NO/c26-20-5-1-18(2-6-20)25(19-3-7-21(27)8-4-19)30-14-17(15-30)12-24(31)11-16-9-22(28)13-23(29)10-16/h1-10,13,17,25H,11-12,14-15H2. The van der Waals surface area contributed by atoms with Gasteiger partial charge >= 0.3 is 0 Å². The molecule has 0 N–H and O–H groups in total. The van der Waals surface area contributed by atoms with Gasteiger partial charge in [0.05, 0.1) is 6.04 Å². The van der Waals surface area contributed by atoms with Gasteiger partial charge < -0.3 is 0 Å². The zero-order valence-corrected chi connectivity index (χ0v) is 18.2. The number of likely N-dealkylation sites (tertiary alicyclic amines) is 1. The monoisotopic (exact) mass is 459 g/mol. The van der Waals surface area contributed by atoms with E-state index in [1.807, 2.05) is 48.5 Å². The number of nitrogens with zero attached hydrogens (tertiary/aromatic N) is 1. The number of benzene rings is 3. The topological polar surface area (TPSA) is 20.3 Å². The summed E-state index contributed by atoms with van der Waals surface area (Å²) in [4.78, 5) is 14.7. The van der Waals surface area contributed by atoms with Gasteiger partial charge in [0.1, 0.15) is 17.4 Å². The number of hydrogen-bond acceptors (Lipinski definition) is 2. The first-order valence-corrected chi connectivity index (χ1v) is 10.8. The molecule has 0 radical (unpaired) electrons. The molecule has 1 fully saturated rings. The Morgan fingerprint density at radius 3 is 1.84 bits per heavy atom. The molecule has 0 amide bonds. The summed E-state index contributed by atoms with van der Waals surface area (Å²) in [6.45, 7) is 1.53. The molecule has 0 atom stereocenters. The third kappa shape index (κ3) is 5.51. The Morgan fingerprint density at radius 1 is 0.871 bits per heavy atom. The van der Waals surface area contributed by atoms with Crippen LogP contribution in [0.1, 0.15) is 29.2 Å². The van der Waals surface area contributed by atoms with Crippen LogP contribution < -0.4 is 0 Å². The fourth-order valence-corrected chi connectivity index (χ4v) is 4.44. The first kappa shape index (κ1) is 21.9. The molecule has 160 valence electrons. The fourth-order valence-electron chi connectivity index (χ4n) is 4.19. The molecule has 4 rings (SSSR count). The van der Waals surface area contributed by atoms with Crippen LogP contribution in [0.15, 0.2) is 66.7 Å². The maximum Gasteiger partial charge on any atom is 0.137 e. The maximum atomic E-state index is 13.4. The summed E-state index contributed by atoms with van der Waals surface area (Å²) in [6.07, 6.45) is 0.436. The Kier molecular flexibility index (Phi) is 6.71. The SMILES string of the molecule is O=C(Cc1cc(F)cc(F)c1)CC1CN(C(c2ccc(Cl)cc2)c2ccc(Cl)cc2)C1. The first-order chi connectivity index (χ1) is 14.9. The number of rotatable bonds is 7. The second-order valence-electron chi connectivity index (χ2n) is 8.02. The summed E-state index contributed by atoms with van der Waals surface area (Å²) in [5.74, 6) is -1.12. The zero-order valence-electron chi connectivity index (χ0n) is 16.7. The van der Waals surface area contributed by atoms with E-state index in [1.54, 1.807) is 0 Å². The van der Waals surface area contributed by atoms with Crippen molar-refractivity contribution in [3.63, 3.8) is 0 Å². The molecule has 2 nitrogen and oxygen atoms in total. The molecule has 0 bridgehead atoms. The fraction of sp³-hybridized carbons (Fsp3) is 0.240. The lowest BCUT2D eigenvalue weighted by molar-refractivity contribution is -0.120. The molecule has 1 aliphatic rings. The van der Waals surface area contributed by atoms with Gasteiger partial charge in [0.2, 0.25) is 0 Å². The van der Waals surface area contributed by atoms with Crippen LogP contribution >= 0.6 is 23.2 Å². The smallest absolute Gasteiger partial charge is 0.137 e. The van der Waals surface area contributed by atoms with Crippen molar-refractivity contribution in [3.8, 4) is 0 Å². The third-order valence-electron chi connectivity index (χ3n) is 5.56. The summed E-state index contributed by atoms with van der Waals surface area (Å²) in [6, 6.07) is 18.8. The van der Waals surface area contributed by atoms with Crippen LogP contribution in [0.4, 0.5) is 8.78 Å². The van der Waals surface area contributed by atoms with Crippen molar-refractivity contribution in [2.24, 2.45) is 5.92 Å². The minimum atomic E-state index is -0.661. The molecule has 0 unspecified atom stereocenters. The average Bonchev–Trinajstić information content (AvgIpc) is 2.68. The number of carbonyl (C=O) groups is 1. The van der Waals surface area contributed by atoms with Gasteiger partial charge in [-0.25, -0.2) is 8.78 Å². The second-order valence-corrected chi connectivity index (χ2v) is 8.90. The van der Waals surface area contributed by atoms with Gasteiger partial charge in [-0.1, -0.05) is 47.5 Å². The molecule has 3 aromatic rings. The summed E-state index contributed by atoms with van der Waals surface area (Å²) in [5.41, 5.74) is 2.61. The number of hydrogen-bond donors (Lipinski definition) is 0. The summed E-state index contributed by atoms with van der Waals surface area (Å²) in [7, 11) is 0. The van der Waals surface area contributed by atoms with Crippen molar-refractivity contribution in [1.82, 2.24) is 4.90 Å². The minimum absolute atomic E-state index is 0.0100. The molecule has 31 heavy (non-hydrogen) atoms. The van der Waals surface area contributed by atoms with Crippen LogP contribution in [0.2, 0.25) is 10.0 Å². The molecular formula is C25H21Cl2F2NO. The van der Waals surface area contributed by atoms with Gasteiger partial charge in [-0.15, -0.1) is 0 Å². The summed E-state index contributed by atoms with van der Waals surface area (Å²) in [5, 5.41) is 1.36. The average molecular weight is 460 g/mol. The Hall–Kier alpha value is -2.27. The van der Waals surface area contributed by atoms with Crippen molar-refractivity contribution < 1.29 is 13.6 Å². The predicted molar refractivity (Wildman–Crippen MR) is 119 cm³/mol. The van der Waals surface area contributed by atoms with Crippen LogP contribution in [-0.4, -0.2) is 23.8 Å². The van der Waals surface area contributed by atoms with E-state index in [1.165, 1.54) is 12.1 Å². The van der Waals surface area contributed by atoms with Gasteiger partial charge in [0.15, 0.2) is 0 Å². The molecule has 0 aliphatic carbocycles. The highest BCUT2D eigenvalue weighted by Crippen LogP contribution is 2.36. The number of Topliss-reactive ketones (excluding diaryl/α,β-unsaturated/α-hetero) is 1. The maximum absolute atomic E-state index is 13.4. The van der Waals surface area contributed by atoms with Gasteiger partial charge in [0.25, 0.3) is 0 Å². The van der Waals surface area contributed by atoms with E-state index in [2.05, 4.69) is 4.90 Å². The highest BCUT2D eigenvalue weighted by Gasteiger charge is 2.35. The van der Waals surface area contributed by atoms with E-state index in [9.17, 15) is 13.6 Å². The number of carbonyl (C=O) groups excluding carboxylic acids is 1. The van der Waals surface area contributed by atoms with E-state index in [0.717, 1.165) is 30.3 Å². The summed E-state index contributed by atoms with van der Waals surface area (Å²) >= 11 is 12.1. The normalized spacial score (nSPS) is 14.6. The van der Waals surface area contributed by atoms with E-state index in [-0.39, 0.29) is 24.2 Å². The molecule has 0 saturated carbocycles. The van der Waals surface area contributed by atoms with Gasteiger partial charge in [-0.05, 0) is 59.0 Å². The molecule has 3 aromatic carbocycles. The lowest BCUT2D eigenvalue weighted by atomic mass is 9.87.